The lowest BCUT2D eigenvalue weighted by atomic mass is 10.4. The van der Waals surface area contributed by atoms with Crippen molar-refractivity contribution in [3.8, 4) is 0 Å². The van der Waals surface area contributed by atoms with Gasteiger partial charge in [0.15, 0.2) is 11.6 Å². The van der Waals surface area contributed by atoms with Crippen LogP contribution in [0.3, 0.4) is 0 Å². The van der Waals surface area contributed by atoms with E-state index in [2.05, 4.69) is 31.8 Å². The van der Waals surface area contributed by atoms with E-state index < -0.39 is 5.82 Å². The minimum Gasteiger partial charge on any atom is -0.360 e. The van der Waals surface area contributed by atoms with Gasteiger partial charge in [-0.15, -0.1) is 0 Å². The summed E-state index contributed by atoms with van der Waals surface area (Å²) in [7, 11) is 3.48. The Kier molecular flexibility index (Phi) is 4.49. The predicted octanol–water partition coefficient (Wildman–Crippen LogP) is 1.90. The van der Waals surface area contributed by atoms with E-state index in [4.69, 9.17) is 0 Å². The molecular formula is C13H19FN6. The number of rotatable bonds is 6. The van der Waals surface area contributed by atoms with Crippen LogP contribution in [0.15, 0.2) is 18.6 Å². The van der Waals surface area contributed by atoms with Gasteiger partial charge in [0.25, 0.3) is 0 Å². The average molecular weight is 278 g/mol. The van der Waals surface area contributed by atoms with E-state index >= 15 is 0 Å². The lowest BCUT2D eigenvalue weighted by Crippen LogP contribution is -2.15. The van der Waals surface area contributed by atoms with Crippen LogP contribution in [0.2, 0.25) is 0 Å². The maximum Gasteiger partial charge on any atom is 0.225 e. The Bertz CT molecular complexity index is 566. The molecule has 0 saturated carbocycles. The topological polar surface area (TPSA) is 58.9 Å². The lowest BCUT2D eigenvalue weighted by Gasteiger charge is -2.13. The van der Waals surface area contributed by atoms with E-state index in [9.17, 15) is 4.39 Å². The molecule has 108 valence electrons. The van der Waals surface area contributed by atoms with Crippen molar-refractivity contribution in [1.29, 1.82) is 0 Å². The first-order valence-corrected chi connectivity index (χ1v) is 6.55. The summed E-state index contributed by atoms with van der Waals surface area (Å²) < 4.78 is 15.6. The van der Waals surface area contributed by atoms with Crippen LogP contribution in [0.4, 0.5) is 16.2 Å². The fourth-order valence-corrected chi connectivity index (χ4v) is 1.87. The number of imidazole rings is 1. The van der Waals surface area contributed by atoms with Crippen LogP contribution < -0.4 is 10.2 Å². The Morgan fingerprint density at radius 2 is 2.15 bits per heavy atom. The molecule has 0 radical (unpaired) electrons. The number of hydrogen-bond acceptors (Lipinski definition) is 5. The Morgan fingerprint density at radius 3 is 2.85 bits per heavy atom. The van der Waals surface area contributed by atoms with Gasteiger partial charge in [-0.1, -0.05) is 6.92 Å². The molecule has 20 heavy (non-hydrogen) atoms. The van der Waals surface area contributed by atoms with Crippen LogP contribution in [0.1, 0.15) is 19.2 Å². The second kappa shape index (κ2) is 6.31. The normalized spacial score (nSPS) is 10.6. The molecule has 2 aromatic heterocycles. The molecule has 7 heteroatoms. The number of aromatic nitrogens is 4. The molecule has 0 aromatic carbocycles. The summed E-state index contributed by atoms with van der Waals surface area (Å²) in [5, 5.41) is 3.07. The Morgan fingerprint density at radius 1 is 1.35 bits per heavy atom. The van der Waals surface area contributed by atoms with Gasteiger partial charge in [0.05, 0.1) is 12.7 Å². The fraction of sp³-hybridized carbons (Fsp3) is 0.462. The molecule has 0 aliphatic carbocycles. The minimum atomic E-state index is -0.437. The number of hydrogen-bond donors (Lipinski definition) is 1. The van der Waals surface area contributed by atoms with Crippen molar-refractivity contribution in [2.45, 2.75) is 26.4 Å². The standard InChI is InChI=1S/C13H19FN6/c1-4-6-20-7-5-15-11(20)9-17-13-16-8-10(14)12(18-13)19(2)3/h5,7-8H,4,6,9H2,1-3H3,(H,16,17,18). The summed E-state index contributed by atoms with van der Waals surface area (Å²) in [5.74, 6) is 1.12. The zero-order valence-corrected chi connectivity index (χ0v) is 12.0. The smallest absolute Gasteiger partial charge is 0.225 e. The molecule has 0 bridgehead atoms. The highest BCUT2D eigenvalue weighted by molar-refractivity contribution is 5.42. The van der Waals surface area contributed by atoms with Gasteiger partial charge in [-0.25, -0.2) is 14.4 Å². The van der Waals surface area contributed by atoms with Gasteiger partial charge in [0.1, 0.15) is 5.82 Å². The summed E-state index contributed by atoms with van der Waals surface area (Å²) in [6, 6.07) is 0. The van der Waals surface area contributed by atoms with Gasteiger partial charge >= 0.3 is 0 Å². The van der Waals surface area contributed by atoms with Crippen molar-refractivity contribution >= 4 is 11.8 Å². The van der Waals surface area contributed by atoms with Crippen LogP contribution >= 0.6 is 0 Å². The third-order valence-corrected chi connectivity index (χ3v) is 2.82. The highest BCUT2D eigenvalue weighted by Crippen LogP contribution is 2.14. The maximum atomic E-state index is 13.5. The Hall–Kier alpha value is -2.18. The summed E-state index contributed by atoms with van der Waals surface area (Å²) in [6.45, 7) is 3.54. The van der Waals surface area contributed by atoms with Gasteiger partial charge in [-0.3, -0.25) is 0 Å². The second-order valence-corrected chi connectivity index (χ2v) is 4.65. The van der Waals surface area contributed by atoms with Crippen molar-refractivity contribution in [3.05, 3.63) is 30.2 Å². The Balaban J connectivity index is 2.07. The average Bonchev–Trinajstić information content (AvgIpc) is 2.85. The van der Waals surface area contributed by atoms with Crippen LogP contribution in [-0.2, 0) is 13.1 Å². The van der Waals surface area contributed by atoms with E-state index in [0.717, 1.165) is 18.8 Å². The van der Waals surface area contributed by atoms with Gasteiger partial charge in [-0.2, -0.15) is 4.98 Å². The van der Waals surface area contributed by atoms with Crippen molar-refractivity contribution in [2.24, 2.45) is 0 Å². The molecular weight excluding hydrogens is 259 g/mol. The van der Waals surface area contributed by atoms with E-state index in [-0.39, 0.29) is 5.82 Å². The molecule has 0 aliphatic heterocycles. The minimum absolute atomic E-state index is 0.263. The number of nitrogens with one attached hydrogen (secondary N) is 1. The molecule has 1 N–H and O–H groups in total. The number of nitrogens with zero attached hydrogens (tertiary/aromatic N) is 5. The van der Waals surface area contributed by atoms with Crippen LogP contribution in [0.25, 0.3) is 0 Å². The molecule has 2 rings (SSSR count). The van der Waals surface area contributed by atoms with Crippen molar-refractivity contribution in [1.82, 2.24) is 19.5 Å². The third-order valence-electron chi connectivity index (χ3n) is 2.82. The fourth-order valence-electron chi connectivity index (χ4n) is 1.87. The Labute approximate surface area is 117 Å². The van der Waals surface area contributed by atoms with E-state index in [1.54, 1.807) is 25.2 Å². The zero-order chi connectivity index (χ0) is 14.5. The molecule has 0 unspecified atom stereocenters. The molecule has 0 spiro atoms. The molecule has 6 nitrogen and oxygen atoms in total. The van der Waals surface area contributed by atoms with Gasteiger partial charge in [-0.05, 0) is 6.42 Å². The molecule has 0 atom stereocenters. The highest BCUT2D eigenvalue weighted by atomic mass is 19.1. The van der Waals surface area contributed by atoms with Crippen LogP contribution in [-0.4, -0.2) is 33.6 Å². The number of anilines is 2. The van der Waals surface area contributed by atoms with Gasteiger partial charge < -0.3 is 14.8 Å². The first-order valence-electron chi connectivity index (χ1n) is 6.55. The first-order chi connectivity index (χ1) is 9.61. The van der Waals surface area contributed by atoms with E-state index in [1.807, 2.05) is 6.20 Å². The van der Waals surface area contributed by atoms with Gasteiger partial charge in [0, 0.05) is 33.0 Å². The largest absolute Gasteiger partial charge is 0.360 e. The lowest BCUT2D eigenvalue weighted by molar-refractivity contribution is 0.611. The SMILES string of the molecule is CCCn1ccnc1CNc1ncc(F)c(N(C)C)n1. The quantitative estimate of drug-likeness (QED) is 0.874. The predicted molar refractivity (Wildman–Crippen MR) is 76.2 cm³/mol. The van der Waals surface area contributed by atoms with Crippen molar-refractivity contribution in [2.75, 3.05) is 24.3 Å². The molecule has 0 fully saturated rings. The van der Waals surface area contributed by atoms with Crippen LogP contribution in [0, 0.1) is 5.82 Å². The summed E-state index contributed by atoms with van der Waals surface area (Å²) in [4.78, 5) is 14.0. The van der Waals surface area contributed by atoms with Crippen molar-refractivity contribution in [3.63, 3.8) is 0 Å². The summed E-state index contributed by atoms with van der Waals surface area (Å²) in [5.41, 5.74) is 0. The molecule has 0 amide bonds. The van der Waals surface area contributed by atoms with Gasteiger partial charge in [0.2, 0.25) is 5.95 Å². The molecule has 0 saturated heterocycles. The summed E-state index contributed by atoms with van der Waals surface area (Å²) in [6.07, 6.45) is 5.92. The highest BCUT2D eigenvalue weighted by Gasteiger charge is 2.09. The van der Waals surface area contributed by atoms with E-state index in [0.29, 0.717) is 12.5 Å². The zero-order valence-electron chi connectivity index (χ0n) is 12.0. The monoisotopic (exact) mass is 278 g/mol. The number of aryl methyl sites for hydroxylation is 1. The molecule has 2 heterocycles. The van der Waals surface area contributed by atoms with Crippen LogP contribution in [0.5, 0.6) is 0 Å². The first kappa shape index (κ1) is 14.2. The molecule has 0 aliphatic rings. The molecule has 2 aromatic rings. The third kappa shape index (κ3) is 3.23. The summed E-state index contributed by atoms with van der Waals surface area (Å²) >= 11 is 0. The van der Waals surface area contributed by atoms with E-state index in [1.165, 1.54) is 6.20 Å². The van der Waals surface area contributed by atoms with Crippen molar-refractivity contribution < 1.29 is 4.39 Å². The second-order valence-electron chi connectivity index (χ2n) is 4.65. The number of halogens is 1. The maximum absolute atomic E-state index is 13.5.